The van der Waals surface area contributed by atoms with Gasteiger partial charge in [0.2, 0.25) is 0 Å². The number of nitrogens with one attached hydrogen (secondary N) is 2. The molecule has 5 nitrogen and oxygen atoms in total. The molecule has 0 heterocycles. The molecule has 0 bridgehead atoms. The van der Waals surface area contributed by atoms with Crippen molar-refractivity contribution in [2.45, 2.75) is 19.1 Å². The maximum Gasteiger partial charge on any atom is 0.309 e. The Bertz CT molecular complexity index is 674. The highest BCUT2D eigenvalue weighted by molar-refractivity contribution is 6.35. The van der Waals surface area contributed by atoms with Crippen molar-refractivity contribution in [1.82, 2.24) is 10.6 Å². The summed E-state index contributed by atoms with van der Waals surface area (Å²) >= 11 is 0. The van der Waals surface area contributed by atoms with Crippen LogP contribution in [0.2, 0.25) is 0 Å². The minimum Gasteiger partial charge on any atom is -0.391 e. The van der Waals surface area contributed by atoms with Gasteiger partial charge in [0.15, 0.2) is 0 Å². The summed E-state index contributed by atoms with van der Waals surface area (Å²) in [6, 6.07) is 15.0. The molecular formula is C18H19FN2O3. The van der Waals surface area contributed by atoms with Crippen LogP contribution in [-0.4, -0.2) is 29.6 Å². The zero-order valence-electron chi connectivity index (χ0n) is 13.0. The number of hydrogen-bond acceptors (Lipinski definition) is 3. The first-order valence-corrected chi connectivity index (χ1v) is 7.57. The van der Waals surface area contributed by atoms with Gasteiger partial charge in [0.05, 0.1) is 6.10 Å². The first-order chi connectivity index (χ1) is 11.5. The predicted molar refractivity (Wildman–Crippen MR) is 87.4 cm³/mol. The highest BCUT2D eigenvalue weighted by Gasteiger charge is 2.14. The maximum absolute atomic E-state index is 12.8. The molecule has 2 amide bonds. The van der Waals surface area contributed by atoms with E-state index in [2.05, 4.69) is 10.6 Å². The topological polar surface area (TPSA) is 78.4 Å². The van der Waals surface area contributed by atoms with Crippen LogP contribution in [0.5, 0.6) is 0 Å². The molecule has 6 heteroatoms. The molecule has 0 aliphatic rings. The number of rotatable bonds is 6. The van der Waals surface area contributed by atoms with Crippen molar-refractivity contribution in [3.05, 3.63) is 71.5 Å². The summed E-state index contributed by atoms with van der Waals surface area (Å²) in [4.78, 5) is 23.4. The molecule has 2 aromatic carbocycles. The van der Waals surface area contributed by atoms with Crippen LogP contribution < -0.4 is 10.6 Å². The zero-order valence-corrected chi connectivity index (χ0v) is 13.0. The van der Waals surface area contributed by atoms with Gasteiger partial charge < -0.3 is 15.7 Å². The molecule has 0 spiro atoms. The van der Waals surface area contributed by atoms with Gasteiger partial charge in [-0.05, 0) is 23.3 Å². The molecule has 24 heavy (non-hydrogen) atoms. The van der Waals surface area contributed by atoms with Crippen molar-refractivity contribution >= 4 is 11.8 Å². The molecule has 126 valence electrons. The molecule has 0 aliphatic carbocycles. The number of carbonyl (C=O) groups excluding carboxylic acids is 2. The molecule has 2 rings (SSSR count). The van der Waals surface area contributed by atoms with Gasteiger partial charge in [-0.15, -0.1) is 0 Å². The van der Waals surface area contributed by atoms with Crippen molar-refractivity contribution in [1.29, 1.82) is 0 Å². The van der Waals surface area contributed by atoms with Gasteiger partial charge in [0.1, 0.15) is 5.82 Å². The van der Waals surface area contributed by atoms with Crippen molar-refractivity contribution in [3.8, 4) is 0 Å². The second-order valence-electron chi connectivity index (χ2n) is 5.36. The fraction of sp³-hybridized carbons (Fsp3) is 0.222. The van der Waals surface area contributed by atoms with Gasteiger partial charge in [0, 0.05) is 19.5 Å². The number of aliphatic hydroxyl groups is 1. The Labute approximate surface area is 139 Å². The average molecular weight is 330 g/mol. The summed E-state index contributed by atoms with van der Waals surface area (Å²) in [6.45, 7) is 0.108. The monoisotopic (exact) mass is 330 g/mol. The molecular weight excluding hydrogens is 311 g/mol. The van der Waals surface area contributed by atoms with Gasteiger partial charge in [-0.25, -0.2) is 4.39 Å². The Hall–Kier alpha value is -2.73. The van der Waals surface area contributed by atoms with Crippen LogP contribution in [-0.2, 0) is 22.6 Å². The fourth-order valence-corrected chi connectivity index (χ4v) is 2.11. The highest BCUT2D eigenvalue weighted by Crippen LogP contribution is 2.03. The molecule has 0 radical (unpaired) electrons. The van der Waals surface area contributed by atoms with E-state index in [1.54, 1.807) is 0 Å². The molecule has 2 aromatic rings. The second kappa shape index (κ2) is 8.79. The molecule has 3 N–H and O–H groups in total. The van der Waals surface area contributed by atoms with E-state index in [0.29, 0.717) is 12.0 Å². The van der Waals surface area contributed by atoms with Crippen LogP contribution in [0.3, 0.4) is 0 Å². The van der Waals surface area contributed by atoms with Gasteiger partial charge in [-0.2, -0.15) is 0 Å². The Morgan fingerprint density at radius 3 is 2.21 bits per heavy atom. The van der Waals surface area contributed by atoms with E-state index in [1.165, 1.54) is 24.3 Å². The largest absolute Gasteiger partial charge is 0.391 e. The summed E-state index contributed by atoms with van der Waals surface area (Å²) in [5.41, 5.74) is 1.63. The maximum atomic E-state index is 12.8. The van der Waals surface area contributed by atoms with Crippen molar-refractivity contribution < 1.29 is 19.1 Å². The minimum absolute atomic E-state index is 0.0162. The Kier molecular flexibility index (Phi) is 6.45. The normalized spacial score (nSPS) is 11.6. The van der Waals surface area contributed by atoms with E-state index < -0.39 is 17.9 Å². The lowest BCUT2D eigenvalue weighted by Crippen LogP contribution is -2.42. The van der Waals surface area contributed by atoms with Gasteiger partial charge in [-0.1, -0.05) is 42.5 Å². The third-order valence-electron chi connectivity index (χ3n) is 3.38. The van der Waals surface area contributed by atoms with E-state index in [-0.39, 0.29) is 18.9 Å². The quantitative estimate of drug-likeness (QED) is 0.696. The highest BCUT2D eigenvalue weighted by atomic mass is 19.1. The van der Waals surface area contributed by atoms with Crippen molar-refractivity contribution in [3.63, 3.8) is 0 Å². The van der Waals surface area contributed by atoms with Crippen LogP contribution in [0.4, 0.5) is 4.39 Å². The number of amides is 2. The van der Waals surface area contributed by atoms with E-state index in [1.807, 2.05) is 30.3 Å². The van der Waals surface area contributed by atoms with Crippen LogP contribution in [0, 0.1) is 5.82 Å². The molecule has 0 saturated heterocycles. The van der Waals surface area contributed by atoms with Gasteiger partial charge in [-0.3, -0.25) is 9.59 Å². The molecule has 0 fully saturated rings. The Balaban J connectivity index is 1.71. The van der Waals surface area contributed by atoms with Crippen LogP contribution >= 0.6 is 0 Å². The second-order valence-corrected chi connectivity index (χ2v) is 5.36. The first-order valence-electron chi connectivity index (χ1n) is 7.57. The van der Waals surface area contributed by atoms with Crippen LogP contribution in [0.25, 0.3) is 0 Å². The lowest BCUT2D eigenvalue weighted by molar-refractivity contribution is -0.139. The third kappa shape index (κ3) is 5.81. The number of aliphatic hydroxyl groups excluding tert-OH is 1. The van der Waals surface area contributed by atoms with Gasteiger partial charge >= 0.3 is 11.8 Å². The summed E-state index contributed by atoms with van der Waals surface area (Å²) < 4.78 is 12.8. The lowest BCUT2D eigenvalue weighted by Gasteiger charge is -2.12. The number of hydrogen-bond donors (Lipinski definition) is 3. The van der Waals surface area contributed by atoms with E-state index in [0.717, 1.165) is 5.56 Å². The summed E-state index contributed by atoms with van der Waals surface area (Å²) in [5.74, 6) is -1.98. The van der Waals surface area contributed by atoms with Crippen molar-refractivity contribution in [2.24, 2.45) is 0 Å². The molecule has 1 unspecified atom stereocenters. The number of halogens is 1. The molecule has 0 saturated carbocycles. The molecule has 0 aromatic heterocycles. The SMILES string of the molecule is O=C(NCc1ccc(F)cc1)C(=O)NCC(O)Cc1ccccc1. The first kappa shape index (κ1) is 17.6. The van der Waals surface area contributed by atoms with E-state index >= 15 is 0 Å². The average Bonchev–Trinajstić information content (AvgIpc) is 2.59. The molecule has 1 atom stereocenters. The minimum atomic E-state index is -0.816. The van der Waals surface area contributed by atoms with Gasteiger partial charge in [0.25, 0.3) is 0 Å². The Morgan fingerprint density at radius 1 is 0.917 bits per heavy atom. The summed E-state index contributed by atoms with van der Waals surface area (Å²) in [6.07, 6.45) is -0.389. The zero-order chi connectivity index (χ0) is 17.4. The fourth-order valence-electron chi connectivity index (χ4n) is 2.11. The predicted octanol–water partition coefficient (Wildman–Crippen LogP) is 1.16. The van der Waals surface area contributed by atoms with Crippen LogP contribution in [0.15, 0.2) is 54.6 Å². The van der Waals surface area contributed by atoms with Crippen molar-refractivity contribution in [2.75, 3.05) is 6.54 Å². The third-order valence-corrected chi connectivity index (χ3v) is 3.38. The Morgan fingerprint density at radius 2 is 1.54 bits per heavy atom. The van der Waals surface area contributed by atoms with E-state index in [9.17, 15) is 19.1 Å². The standard InChI is InChI=1S/C18H19FN2O3/c19-15-8-6-14(7-9-15)11-20-17(23)18(24)21-12-16(22)10-13-4-2-1-3-5-13/h1-9,16,22H,10-12H2,(H,20,23)(H,21,24). The van der Waals surface area contributed by atoms with Crippen LogP contribution in [0.1, 0.15) is 11.1 Å². The summed E-state index contributed by atoms with van der Waals surface area (Å²) in [7, 11) is 0. The lowest BCUT2D eigenvalue weighted by atomic mass is 10.1. The molecule has 0 aliphatic heterocycles. The number of carbonyl (C=O) groups is 2. The number of benzene rings is 2. The van der Waals surface area contributed by atoms with E-state index in [4.69, 9.17) is 0 Å². The smallest absolute Gasteiger partial charge is 0.309 e. The summed E-state index contributed by atoms with van der Waals surface area (Å²) in [5, 5.41) is 14.7.